The van der Waals surface area contributed by atoms with Crippen molar-refractivity contribution in [3.63, 3.8) is 0 Å². The van der Waals surface area contributed by atoms with Crippen LogP contribution in [0.3, 0.4) is 0 Å². The molecule has 28 heavy (non-hydrogen) atoms. The SMILES string of the molecule is CC.CC.CC1CC2(C1)CN(CCC(N)C(=O)O)C2.CNCC1(C)CC(C)C1. The van der Waals surface area contributed by atoms with E-state index in [4.69, 9.17) is 10.8 Å². The number of nitrogens with two attached hydrogens (primary N) is 1. The molecule has 0 aromatic carbocycles. The molecular formula is C23H49N3O2. The Kier molecular flexibility index (Phi) is 12.5. The third kappa shape index (κ3) is 8.38. The van der Waals surface area contributed by atoms with Crippen molar-refractivity contribution in [3.8, 4) is 0 Å². The van der Waals surface area contributed by atoms with Crippen LogP contribution in [0.4, 0.5) is 0 Å². The Balaban J connectivity index is 0.000000481. The van der Waals surface area contributed by atoms with E-state index in [-0.39, 0.29) is 0 Å². The summed E-state index contributed by atoms with van der Waals surface area (Å²) in [6.45, 7) is 19.3. The number of carboxylic acid groups (broad SMARTS) is 1. The van der Waals surface area contributed by atoms with Gasteiger partial charge in [0.1, 0.15) is 6.04 Å². The van der Waals surface area contributed by atoms with E-state index >= 15 is 0 Å². The van der Waals surface area contributed by atoms with E-state index in [9.17, 15) is 4.79 Å². The maximum Gasteiger partial charge on any atom is 0.320 e. The van der Waals surface area contributed by atoms with E-state index in [1.807, 2.05) is 34.7 Å². The van der Waals surface area contributed by atoms with Gasteiger partial charge in [0.2, 0.25) is 0 Å². The van der Waals surface area contributed by atoms with E-state index in [1.165, 1.54) is 32.2 Å². The van der Waals surface area contributed by atoms with Crippen molar-refractivity contribution in [2.24, 2.45) is 28.4 Å². The molecule has 0 radical (unpaired) electrons. The normalized spacial score (nSPS) is 28.5. The molecule has 0 aromatic heterocycles. The zero-order valence-electron chi connectivity index (χ0n) is 20.0. The van der Waals surface area contributed by atoms with Crippen molar-refractivity contribution in [2.45, 2.75) is 86.6 Å². The van der Waals surface area contributed by atoms with Crippen LogP contribution in [0.1, 0.15) is 80.6 Å². The summed E-state index contributed by atoms with van der Waals surface area (Å²) < 4.78 is 0. The number of hydrogen-bond donors (Lipinski definition) is 3. The Hall–Kier alpha value is -0.650. The number of nitrogens with one attached hydrogen (secondary N) is 1. The first-order valence-corrected chi connectivity index (χ1v) is 11.5. The van der Waals surface area contributed by atoms with Crippen molar-refractivity contribution >= 4 is 5.97 Å². The number of rotatable bonds is 6. The number of nitrogens with zero attached hydrogens (tertiary/aromatic N) is 1. The van der Waals surface area contributed by atoms with Crippen LogP contribution >= 0.6 is 0 Å². The predicted octanol–water partition coefficient (Wildman–Crippen LogP) is 4.21. The van der Waals surface area contributed by atoms with Crippen LogP contribution in [-0.4, -0.2) is 55.2 Å². The van der Waals surface area contributed by atoms with E-state index in [2.05, 4.69) is 31.0 Å². The highest BCUT2D eigenvalue weighted by Crippen LogP contribution is 2.51. The topological polar surface area (TPSA) is 78.6 Å². The molecule has 2 aliphatic carbocycles. The first-order valence-electron chi connectivity index (χ1n) is 11.5. The molecule has 168 valence electrons. The summed E-state index contributed by atoms with van der Waals surface area (Å²) >= 11 is 0. The van der Waals surface area contributed by atoms with Gasteiger partial charge in [0.05, 0.1) is 0 Å². The molecule has 3 fully saturated rings. The number of likely N-dealkylation sites (tertiary alicyclic amines) is 1. The van der Waals surface area contributed by atoms with Crippen molar-refractivity contribution < 1.29 is 9.90 Å². The maximum atomic E-state index is 10.5. The molecule has 3 aliphatic rings. The largest absolute Gasteiger partial charge is 0.480 e. The lowest BCUT2D eigenvalue weighted by atomic mass is 9.58. The molecule has 3 rings (SSSR count). The van der Waals surface area contributed by atoms with Gasteiger partial charge in [0, 0.05) is 26.2 Å². The van der Waals surface area contributed by atoms with Crippen molar-refractivity contribution in [3.05, 3.63) is 0 Å². The molecule has 1 unspecified atom stereocenters. The van der Waals surface area contributed by atoms with Gasteiger partial charge >= 0.3 is 5.97 Å². The van der Waals surface area contributed by atoms with Crippen molar-refractivity contribution in [1.82, 2.24) is 10.2 Å². The fourth-order valence-corrected chi connectivity index (χ4v) is 5.38. The smallest absolute Gasteiger partial charge is 0.320 e. The molecule has 1 heterocycles. The second-order valence-electron chi connectivity index (χ2n) is 9.31. The summed E-state index contributed by atoms with van der Waals surface area (Å²) in [5.41, 5.74) is 6.69. The Morgan fingerprint density at radius 2 is 1.57 bits per heavy atom. The van der Waals surface area contributed by atoms with E-state index < -0.39 is 12.0 Å². The highest BCUT2D eigenvalue weighted by atomic mass is 16.4. The van der Waals surface area contributed by atoms with Crippen LogP contribution in [0.5, 0.6) is 0 Å². The molecule has 1 saturated heterocycles. The lowest BCUT2D eigenvalue weighted by molar-refractivity contribution is -0.139. The summed E-state index contributed by atoms with van der Waals surface area (Å²) in [6.07, 6.45) is 6.10. The van der Waals surface area contributed by atoms with Gasteiger partial charge in [-0.05, 0) is 61.8 Å². The summed E-state index contributed by atoms with van der Waals surface area (Å²) in [7, 11) is 2.04. The van der Waals surface area contributed by atoms with Gasteiger partial charge in [-0.3, -0.25) is 4.79 Å². The highest BCUT2D eigenvalue weighted by Gasteiger charge is 2.50. The standard InChI is InChI=1S/C11H20N2O2.C8H17N.2C2H6/c1-8-4-11(5-8)6-13(7-11)3-2-9(12)10(14)15;1-7-4-8(2,5-7)6-9-3;2*1-2/h8-9H,2-7,12H2,1H3,(H,14,15);7,9H,4-6H2,1-3H3;2*1-2H3. The molecule has 1 atom stereocenters. The minimum atomic E-state index is -0.887. The van der Waals surface area contributed by atoms with Gasteiger partial charge in [-0.15, -0.1) is 0 Å². The lowest BCUT2D eigenvalue weighted by Gasteiger charge is -2.59. The molecular weight excluding hydrogens is 350 g/mol. The van der Waals surface area contributed by atoms with Crippen LogP contribution in [0.25, 0.3) is 0 Å². The van der Waals surface area contributed by atoms with Crippen molar-refractivity contribution in [1.29, 1.82) is 0 Å². The Morgan fingerprint density at radius 1 is 1.11 bits per heavy atom. The molecule has 4 N–H and O–H groups in total. The van der Waals surface area contributed by atoms with Gasteiger partial charge in [0.15, 0.2) is 0 Å². The second-order valence-corrected chi connectivity index (χ2v) is 9.31. The summed E-state index contributed by atoms with van der Waals surface area (Å²) in [4.78, 5) is 12.8. The summed E-state index contributed by atoms with van der Waals surface area (Å²) in [5, 5.41) is 11.9. The Bertz CT molecular complexity index is 416. The fraction of sp³-hybridized carbons (Fsp3) is 0.957. The molecule has 0 bridgehead atoms. The van der Waals surface area contributed by atoms with Crippen LogP contribution in [0, 0.1) is 22.7 Å². The molecule has 1 aliphatic heterocycles. The molecule has 5 heteroatoms. The van der Waals surface area contributed by atoms with E-state index in [0.717, 1.165) is 31.5 Å². The Morgan fingerprint density at radius 3 is 1.93 bits per heavy atom. The molecule has 5 nitrogen and oxygen atoms in total. The monoisotopic (exact) mass is 399 g/mol. The second kappa shape index (κ2) is 12.8. The number of carboxylic acids is 1. The van der Waals surface area contributed by atoms with Gasteiger partial charge in [-0.1, -0.05) is 48.5 Å². The van der Waals surface area contributed by atoms with Gasteiger partial charge in [0.25, 0.3) is 0 Å². The number of carbonyl (C=O) groups is 1. The third-order valence-corrected chi connectivity index (χ3v) is 6.04. The van der Waals surface area contributed by atoms with Gasteiger partial charge < -0.3 is 21.1 Å². The van der Waals surface area contributed by atoms with Crippen LogP contribution in [0.15, 0.2) is 0 Å². The van der Waals surface area contributed by atoms with E-state index in [0.29, 0.717) is 17.3 Å². The van der Waals surface area contributed by atoms with Crippen LogP contribution < -0.4 is 11.1 Å². The van der Waals surface area contributed by atoms with Gasteiger partial charge in [-0.25, -0.2) is 0 Å². The lowest BCUT2D eigenvalue weighted by Crippen LogP contribution is -2.62. The summed E-state index contributed by atoms with van der Waals surface area (Å²) in [5.74, 6) is 0.985. The average molecular weight is 400 g/mol. The zero-order valence-corrected chi connectivity index (χ0v) is 20.0. The molecule has 0 aromatic rings. The number of hydrogen-bond acceptors (Lipinski definition) is 4. The van der Waals surface area contributed by atoms with E-state index in [1.54, 1.807) is 0 Å². The minimum absolute atomic E-state index is 0.570. The fourth-order valence-electron chi connectivity index (χ4n) is 5.38. The maximum absolute atomic E-state index is 10.5. The minimum Gasteiger partial charge on any atom is -0.480 e. The zero-order chi connectivity index (χ0) is 22.0. The van der Waals surface area contributed by atoms with Crippen LogP contribution in [-0.2, 0) is 4.79 Å². The molecule has 1 spiro atoms. The number of aliphatic carboxylic acids is 1. The first kappa shape index (κ1) is 27.4. The predicted molar refractivity (Wildman–Crippen MR) is 121 cm³/mol. The quantitative estimate of drug-likeness (QED) is 0.623. The highest BCUT2D eigenvalue weighted by molar-refractivity contribution is 5.72. The molecule has 0 amide bonds. The molecule has 2 saturated carbocycles. The van der Waals surface area contributed by atoms with Crippen LogP contribution in [0.2, 0.25) is 0 Å². The Labute approximate surface area is 174 Å². The average Bonchev–Trinajstić information content (AvgIpc) is 2.58. The third-order valence-electron chi connectivity index (χ3n) is 6.04. The summed E-state index contributed by atoms with van der Waals surface area (Å²) in [6, 6.07) is -0.693. The van der Waals surface area contributed by atoms with Crippen molar-refractivity contribution in [2.75, 3.05) is 33.2 Å². The van der Waals surface area contributed by atoms with Gasteiger partial charge in [-0.2, -0.15) is 0 Å². The first-order chi connectivity index (χ1) is 13.2.